The lowest BCUT2D eigenvalue weighted by molar-refractivity contribution is -0.114. The molecular weight excluding hydrogens is 438 g/mol. The Morgan fingerprint density at radius 2 is 1.77 bits per heavy atom. The Hall–Kier alpha value is -3.21. The molecule has 1 aromatic heterocycles. The molecule has 0 aliphatic rings. The highest BCUT2D eigenvalue weighted by Crippen LogP contribution is 2.28. The first kappa shape index (κ1) is 22.5. The van der Waals surface area contributed by atoms with Gasteiger partial charge in [-0.25, -0.2) is 13.1 Å². The van der Waals surface area contributed by atoms with Gasteiger partial charge in [0.25, 0.3) is 5.91 Å². The summed E-state index contributed by atoms with van der Waals surface area (Å²) in [7, 11) is -2.23. The molecule has 31 heavy (non-hydrogen) atoms. The Labute approximate surface area is 184 Å². The van der Waals surface area contributed by atoms with Crippen LogP contribution in [0.15, 0.2) is 64.9 Å². The lowest BCUT2D eigenvalue weighted by atomic mass is 10.2. The third-order valence-electron chi connectivity index (χ3n) is 4.21. The maximum absolute atomic E-state index is 12.5. The van der Waals surface area contributed by atoms with Gasteiger partial charge in [0.05, 0.1) is 17.7 Å². The molecule has 10 heteroatoms. The van der Waals surface area contributed by atoms with Gasteiger partial charge in [-0.3, -0.25) is 9.59 Å². The highest BCUT2D eigenvalue weighted by Gasteiger charge is 2.15. The molecule has 2 aromatic carbocycles. The smallest absolute Gasteiger partial charge is 0.255 e. The Balaban J connectivity index is 1.68. The van der Waals surface area contributed by atoms with Crippen molar-refractivity contribution in [2.45, 2.75) is 18.4 Å². The fraction of sp³-hybridized carbons (Fsp3) is 0.143. The number of amides is 2. The van der Waals surface area contributed by atoms with Crippen LogP contribution in [0.4, 0.5) is 11.4 Å². The molecule has 3 aromatic rings. The summed E-state index contributed by atoms with van der Waals surface area (Å²) in [4.78, 5) is 24.8. The number of methoxy groups -OCH3 is 1. The van der Waals surface area contributed by atoms with E-state index in [-0.39, 0.29) is 17.3 Å². The van der Waals surface area contributed by atoms with E-state index >= 15 is 0 Å². The van der Waals surface area contributed by atoms with Crippen LogP contribution in [0.25, 0.3) is 0 Å². The van der Waals surface area contributed by atoms with Gasteiger partial charge in [-0.2, -0.15) is 0 Å². The molecular formula is C21H21N3O5S2. The summed E-state index contributed by atoms with van der Waals surface area (Å²) in [5.41, 5.74) is 1.24. The first-order chi connectivity index (χ1) is 14.8. The minimum absolute atomic E-state index is 0.0712. The molecule has 0 radical (unpaired) electrons. The van der Waals surface area contributed by atoms with Crippen molar-refractivity contribution in [2.75, 3.05) is 17.7 Å². The minimum atomic E-state index is -3.69. The predicted octanol–water partition coefficient (Wildman–Crippen LogP) is 3.45. The molecule has 3 N–H and O–H groups in total. The van der Waals surface area contributed by atoms with E-state index in [9.17, 15) is 18.0 Å². The largest absolute Gasteiger partial charge is 0.494 e. The van der Waals surface area contributed by atoms with Crippen LogP contribution in [0.2, 0.25) is 0 Å². The van der Waals surface area contributed by atoms with Crippen molar-refractivity contribution in [1.82, 2.24) is 4.72 Å². The van der Waals surface area contributed by atoms with Crippen LogP contribution >= 0.6 is 11.3 Å². The second-order valence-electron chi connectivity index (χ2n) is 6.48. The van der Waals surface area contributed by atoms with Gasteiger partial charge in [0.15, 0.2) is 0 Å². The molecule has 0 saturated heterocycles. The molecule has 0 unspecified atom stereocenters. The average molecular weight is 460 g/mol. The maximum Gasteiger partial charge on any atom is 0.255 e. The summed E-state index contributed by atoms with van der Waals surface area (Å²) in [6, 6.07) is 14.2. The highest BCUT2D eigenvalue weighted by molar-refractivity contribution is 7.89. The highest BCUT2D eigenvalue weighted by atomic mass is 32.2. The quantitative estimate of drug-likeness (QED) is 0.478. The second-order valence-corrected chi connectivity index (χ2v) is 9.28. The van der Waals surface area contributed by atoms with Crippen molar-refractivity contribution >= 4 is 44.5 Å². The van der Waals surface area contributed by atoms with Crippen LogP contribution in [0, 0.1) is 0 Å². The Morgan fingerprint density at radius 3 is 2.39 bits per heavy atom. The van der Waals surface area contributed by atoms with Gasteiger partial charge >= 0.3 is 0 Å². The zero-order valence-electron chi connectivity index (χ0n) is 16.8. The fourth-order valence-electron chi connectivity index (χ4n) is 2.71. The van der Waals surface area contributed by atoms with Gasteiger partial charge in [0, 0.05) is 35.7 Å². The number of hydrogen-bond donors (Lipinski definition) is 3. The number of thiophene rings is 1. The second kappa shape index (κ2) is 9.73. The third-order valence-corrected chi connectivity index (χ3v) is 6.51. The lowest BCUT2D eigenvalue weighted by Gasteiger charge is -2.12. The molecule has 0 aliphatic heterocycles. The molecule has 1 heterocycles. The number of anilines is 2. The van der Waals surface area contributed by atoms with Gasteiger partial charge in [-0.1, -0.05) is 6.07 Å². The van der Waals surface area contributed by atoms with Crippen molar-refractivity contribution < 1.29 is 22.7 Å². The summed E-state index contributed by atoms with van der Waals surface area (Å²) in [5.74, 6) is -0.258. The summed E-state index contributed by atoms with van der Waals surface area (Å²) < 4.78 is 32.6. The van der Waals surface area contributed by atoms with E-state index in [1.807, 2.05) is 17.5 Å². The van der Waals surface area contributed by atoms with E-state index < -0.39 is 15.9 Å². The van der Waals surface area contributed by atoms with Crippen LogP contribution < -0.4 is 20.1 Å². The van der Waals surface area contributed by atoms with Crippen molar-refractivity contribution in [3.8, 4) is 5.75 Å². The van der Waals surface area contributed by atoms with E-state index in [4.69, 9.17) is 4.74 Å². The molecule has 0 atom stereocenters. The Kier molecular flexibility index (Phi) is 7.06. The van der Waals surface area contributed by atoms with E-state index in [0.717, 1.165) is 4.88 Å². The number of benzene rings is 2. The molecule has 2 amide bonds. The standard InChI is InChI=1S/C21H21N3O5S2/c1-14(25)23-19-10-7-16(12-20(19)29-2)24-21(26)15-5-8-18(9-6-15)31(27,28)22-13-17-4-3-11-30-17/h3-12,22H,13H2,1-2H3,(H,23,25)(H,24,26). The number of carbonyl (C=O) groups excluding carboxylic acids is 2. The number of carbonyl (C=O) groups is 2. The predicted molar refractivity (Wildman–Crippen MR) is 120 cm³/mol. The molecule has 0 spiro atoms. The first-order valence-corrected chi connectivity index (χ1v) is 11.5. The van der Waals surface area contributed by atoms with E-state index in [1.54, 1.807) is 18.2 Å². The minimum Gasteiger partial charge on any atom is -0.494 e. The number of nitrogens with one attached hydrogen (secondary N) is 3. The van der Waals surface area contributed by atoms with Gasteiger partial charge in [-0.05, 0) is 47.8 Å². The van der Waals surface area contributed by atoms with E-state index in [2.05, 4.69) is 15.4 Å². The van der Waals surface area contributed by atoms with Crippen LogP contribution in [-0.2, 0) is 21.4 Å². The van der Waals surface area contributed by atoms with E-state index in [0.29, 0.717) is 22.7 Å². The van der Waals surface area contributed by atoms with Crippen LogP contribution in [-0.4, -0.2) is 27.3 Å². The van der Waals surface area contributed by atoms with Crippen molar-refractivity contribution in [1.29, 1.82) is 0 Å². The number of rotatable bonds is 8. The maximum atomic E-state index is 12.5. The van der Waals surface area contributed by atoms with Crippen molar-refractivity contribution in [3.63, 3.8) is 0 Å². The van der Waals surface area contributed by atoms with Crippen molar-refractivity contribution in [2.24, 2.45) is 0 Å². The van der Waals surface area contributed by atoms with Crippen LogP contribution in [0.5, 0.6) is 5.75 Å². The van der Waals surface area contributed by atoms with Crippen molar-refractivity contribution in [3.05, 3.63) is 70.4 Å². The normalized spacial score (nSPS) is 11.0. The monoisotopic (exact) mass is 459 g/mol. The Bertz CT molecular complexity index is 1170. The van der Waals surface area contributed by atoms with Crippen LogP contribution in [0.3, 0.4) is 0 Å². The van der Waals surface area contributed by atoms with Gasteiger partial charge in [0.2, 0.25) is 15.9 Å². The zero-order valence-corrected chi connectivity index (χ0v) is 18.5. The fourth-order valence-corrected chi connectivity index (χ4v) is 4.46. The molecule has 162 valence electrons. The lowest BCUT2D eigenvalue weighted by Crippen LogP contribution is -2.23. The number of ether oxygens (including phenoxy) is 1. The van der Waals surface area contributed by atoms with Crippen LogP contribution in [0.1, 0.15) is 22.2 Å². The molecule has 0 fully saturated rings. The SMILES string of the molecule is COc1cc(NC(=O)c2ccc(S(=O)(=O)NCc3cccs3)cc2)ccc1NC(C)=O. The Morgan fingerprint density at radius 1 is 1.03 bits per heavy atom. The third kappa shape index (κ3) is 5.91. The summed E-state index contributed by atoms with van der Waals surface area (Å²) in [5, 5.41) is 7.23. The molecule has 0 aliphatic carbocycles. The number of hydrogen-bond acceptors (Lipinski definition) is 6. The number of sulfonamides is 1. The van der Waals surface area contributed by atoms with Gasteiger partial charge in [0.1, 0.15) is 5.75 Å². The summed E-state index contributed by atoms with van der Waals surface area (Å²) in [6.45, 7) is 1.59. The van der Waals surface area contributed by atoms with E-state index in [1.165, 1.54) is 49.6 Å². The first-order valence-electron chi connectivity index (χ1n) is 9.17. The zero-order chi connectivity index (χ0) is 22.4. The van der Waals surface area contributed by atoms with Gasteiger partial charge < -0.3 is 15.4 Å². The average Bonchev–Trinajstić information content (AvgIpc) is 3.27. The molecule has 8 nitrogen and oxygen atoms in total. The summed E-state index contributed by atoms with van der Waals surface area (Å²) in [6.07, 6.45) is 0. The molecule has 3 rings (SSSR count). The summed E-state index contributed by atoms with van der Waals surface area (Å²) >= 11 is 1.46. The molecule has 0 bridgehead atoms. The molecule has 0 saturated carbocycles. The topological polar surface area (TPSA) is 114 Å². The van der Waals surface area contributed by atoms with Gasteiger partial charge in [-0.15, -0.1) is 11.3 Å².